The summed E-state index contributed by atoms with van der Waals surface area (Å²) >= 11 is 0. The van der Waals surface area contributed by atoms with Crippen LogP contribution in [-0.4, -0.2) is 24.2 Å². The largest absolute Gasteiger partial charge is 0.421 e. The zero-order chi connectivity index (χ0) is 57.6. The molecule has 9 heteroatoms. The number of imidazole rings is 2. The third kappa shape index (κ3) is 11.1. The Labute approximate surface area is 518 Å². The molecule has 0 fully saturated rings. The van der Waals surface area contributed by atoms with Crippen molar-refractivity contribution in [2.24, 2.45) is 0 Å². The molecule has 0 unspecified atom stereocenters. The van der Waals surface area contributed by atoms with Gasteiger partial charge in [0.2, 0.25) is 0 Å². The van der Waals surface area contributed by atoms with E-state index < -0.39 is 0 Å². The van der Waals surface area contributed by atoms with E-state index in [1.165, 1.54) is 32.3 Å². The standard InChI is InChI=1S/2C35H23N2.C8H7N4.Ir/c2*1-3-15-28(16-4-1)34-35(29-17-5-2-6-18-29)37(33-24-12-20-27-14-8-10-22-31(27)33)25-36(34)32-23-11-19-26-13-7-9-21-30(26)32;1-6-10-8(12-11-6)7-4-2-3-5-9-7;/h2*1-23H;2-5H,1H3;/q3*-1;. The molecular formula is C78H53IrN8-3. The van der Waals surface area contributed by atoms with Crippen molar-refractivity contribution in [3.8, 4) is 79.3 Å². The molecule has 0 aliphatic carbocycles. The molecule has 0 atom stereocenters. The van der Waals surface area contributed by atoms with Crippen LogP contribution in [0.25, 0.3) is 122 Å². The molecule has 4 aromatic heterocycles. The van der Waals surface area contributed by atoms with Gasteiger partial charge in [0.15, 0.2) is 0 Å². The van der Waals surface area contributed by atoms with Crippen LogP contribution < -0.4 is 14.2 Å². The third-order valence-electron chi connectivity index (χ3n) is 15.2. The summed E-state index contributed by atoms with van der Waals surface area (Å²) in [6.45, 7) is 1.80. The molecule has 8 nitrogen and oxygen atoms in total. The molecule has 0 aliphatic heterocycles. The second kappa shape index (κ2) is 25.1. The summed E-state index contributed by atoms with van der Waals surface area (Å²) in [7, 11) is 0. The van der Waals surface area contributed by atoms with E-state index in [2.05, 4.69) is 330 Å². The average Bonchev–Trinajstić information content (AvgIpc) is 2.20. The van der Waals surface area contributed by atoms with Gasteiger partial charge >= 0.3 is 0 Å². The number of nitrogens with zero attached hydrogens (tertiary/aromatic N) is 8. The van der Waals surface area contributed by atoms with Crippen molar-refractivity contribution in [2.45, 2.75) is 6.92 Å². The minimum atomic E-state index is 0. The Balaban J connectivity index is 0.000000134. The van der Waals surface area contributed by atoms with Crippen molar-refractivity contribution in [3.05, 3.63) is 334 Å². The summed E-state index contributed by atoms with van der Waals surface area (Å²) in [4.78, 5) is 8.19. The molecule has 16 rings (SSSR count). The number of rotatable bonds is 9. The molecule has 0 saturated carbocycles. The minimum absolute atomic E-state index is 0. The Morgan fingerprint density at radius 3 is 1.14 bits per heavy atom. The number of hydrogen-bond acceptors (Lipinski definition) is 3. The summed E-state index contributed by atoms with van der Waals surface area (Å²) in [5.74, 6) is 1.27. The maximum absolute atomic E-state index is 4.10. The van der Waals surface area contributed by atoms with Gasteiger partial charge in [0.25, 0.3) is 12.7 Å². The van der Waals surface area contributed by atoms with Crippen LogP contribution in [0.15, 0.2) is 303 Å². The fraction of sp³-hybridized carbons (Fsp3) is 0.0128. The van der Waals surface area contributed by atoms with E-state index in [0.29, 0.717) is 11.6 Å². The maximum Gasteiger partial charge on any atom is 0.268 e. The van der Waals surface area contributed by atoms with Crippen LogP contribution in [0.5, 0.6) is 0 Å². The zero-order valence-electron chi connectivity index (χ0n) is 47.3. The van der Waals surface area contributed by atoms with Crippen LogP contribution >= 0.6 is 0 Å². The molecule has 0 bridgehead atoms. The number of benzene rings is 12. The first-order valence-electron chi connectivity index (χ1n) is 28.6. The van der Waals surface area contributed by atoms with Crippen molar-refractivity contribution < 1.29 is 29.2 Å². The molecule has 0 N–H and O–H groups in total. The normalized spacial score (nSPS) is 11.0. The van der Waals surface area contributed by atoms with E-state index >= 15 is 0 Å². The molecule has 0 aliphatic rings. The van der Waals surface area contributed by atoms with Crippen molar-refractivity contribution >= 4 is 43.1 Å². The second-order valence-corrected chi connectivity index (χ2v) is 20.6. The summed E-state index contributed by atoms with van der Waals surface area (Å²) in [6.07, 6.45) is 9.24. The van der Waals surface area contributed by atoms with Gasteiger partial charge in [-0.1, -0.05) is 237 Å². The summed E-state index contributed by atoms with van der Waals surface area (Å²) in [5.41, 5.74) is 13.7. The van der Waals surface area contributed by atoms with E-state index in [9.17, 15) is 0 Å². The Hall–Kier alpha value is -11.0. The van der Waals surface area contributed by atoms with E-state index in [-0.39, 0.29) is 20.1 Å². The molecule has 4 heterocycles. The number of aryl methyl sites for hydroxylation is 1. The smallest absolute Gasteiger partial charge is 0.268 e. The second-order valence-electron chi connectivity index (χ2n) is 20.6. The van der Waals surface area contributed by atoms with Gasteiger partial charge in [-0.25, -0.2) is 0 Å². The van der Waals surface area contributed by atoms with Gasteiger partial charge in [0.1, 0.15) is 0 Å². The Kier molecular flexibility index (Phi) is 15.9. The molecule has 0 amide bonds. The predicted octanol–water partition coefficient (Wildman–Crippen LogP) is 16.8. The van der Waals surface area contributed by atoms with Crippen LogP contribution in [0.1, 0.15) is 5.82 Å². The van der Waals surface area contributed by atoms with Crippen molar-refractivity contribution in [1.82, 2.24) is 29.3 Å². The van der Waals surface area contributed by atoms with Gasteiger partial charge < -0.3 is 19.2 Å². The average molecular weight is 1290 g/mol. The van der Waals surface area contributed by atoms with Gasteiger partial charge in [-0.2, -0.15) is 36.4 Å². The summed E-state index contributed by atoms with van der Waals surface area (Å²) < 4.78 is 8.80. The number of hydrogen-bond donors (Lipinski definition) is 0. The fourth-order valence-corrected chi connectivity index (χ4v) is 11.3. The molecule has 0 saturated heterocycles. The molecular weight excluding hydrogens is 1240 g/mol. The van der Waals surface area contributed by atoms with Crippen molar-refractivity contribution in [1.29, 1.82) is 0 Å². The Morgan fingerprint density at radius 1 is 0.368 bits per heavy atom. The van der Waals surface area contributed by atoms with Crippen LogP contribution in [0.3, 0.4) is 0 Å². The number of aromatic nitrogens is 8. The van der Waals surface area contributed by atoms with Crippen LogP contribution in [0.4, 0.5) is 0 Å². The number of fused-ring (bicyclic) bond motifs is 4. The first-order chi connectivity index (χ1) is 42.6. The first-order valence-corrected chi connectivity index (χ1v) is 28.6. The summed E-state index contributed by atoms with van der Waals surface area (Å²) in [5, 5.41) is 17.0. The van der Waals surface area contributed by atoms with Crippen LogP contribution in [0, 0.1) is 31.7 Å². The van der Waals surface area contributed by atoms with Gasteiger partial charge in [0, 0.05) is 32.1 Å². The summed E-state index contributed by atoms with van der Waals surface area (Å²) in [6, 6.07) is 110. The van der Waals surface area contributed by atoms with E-state index in [4.69, 9.17) is 0 Å². The van der Waals surface area contributed by atoms with E-state index in [1.54, 1.807) is 13.1 Å². The molecule has 1 radical (unpaired) electrons. The monoisotopic (exact) mass is 1290 g/mol. The van der Waals surface area contributed by atoms with Crippen LogP contribution in [-0.2, 0) is 20.1 Å². The van der Waals surface area contributed by atoms with Gasteiger partial charge in [0.05, 0.1) is 39.8 Å². The first kappa shape index (κ1) is 55.2. The predicted molar refractivity (Wildman–Crippen MR) is 345 cm³/mol. The Bertz CT molecular complexity index is 4430. The van der Waals surface area contributed by atoms with Crippen LogP contribution in [0.2, 0.25) is 0 Å². The zero-order valence-corrected chi connectivity index (χ0v) is 49.7. The topological polar surface area (TPSA) is 70.4 Å². The maximum atomic E-state index is 4.10. The van der Waals surface area contributed by atoms with Crippen molar-refractivity contribution in [3.63, 3.8) is 0 Å². The molecule has 87 heavy (non-hydrogen) atoms. The molecule has 417 valence electrons. The van der Waals surface area contributed by atoms with E-state index in [0.717, 1.165) is 84.2 Å². The number of pyridine rings is 1. The SMILES string of the molecule is Cc1n[n-]c(-c2ccccn2)n1.[Ir].[c-]1ccc2ccccc2c1-n1[c-][n+](-c2cccc3ccccc23)c(-c2ccccc2)c1-c1ccccc1.[c-]1ccc2ccccc2c1-n1[c-][n+](-c2cccc3ccccc23)c(-c2ccccc2)c1-c1ccccc1. The fourth-order valence-electron chi connectivity index (χ4n) is 11.3. The van der Waals surface area contributed by atoms with Crippen molar-refractivity contribution in [2.75, 3.05) is 0 Å². The quantitative estimate of drug-likeness (QED) is 0.107. The Morgan fingerprint density at radius 2 is 0.736 bits per heavy atom. The van der Waals surface area contributed by atoms with Gasteiger partial charge in [-0.3, -0.25) is 19.2 Å². The minimum Gasteiger partial charge on any atom is -0.421 e. The van der Waals surface area contributed by atoms with E-state index in [1.807, 2.05) is 30.3 Å². The molecule has 12 aromatic carbocycles. The molecule has 16 aromatic rings. The van der Waals surface area contributed by atoms with Gasteiger partial charge in [-0.05, 0) is 92.2 Å². The third-order valence-corrected chi connectivity index (χ3v) is 15.2. The van der Waals surface area contributed by atoms with Gasteiger partial charge in [-0.15, -0.1) is 33.7 Å². The molecule has 0 spiro atoms.